The topological polar surface area (TPSA) is 52.6 Å². The lowest BCUT2D eigenvalue weighted by Gasteiger charge is -2.19. The number of ketones is 2. The summed E-state index contributed by atoms with van der Waals surface area (Å²) in [5.74, 6) is 2.07. The SMILES string of the molecule is O=C(/C=C\c1cc2ccccc2c2c1OCOc1c(/C=C\C(=O)C3CCCCC3)cc3ccccc3c1-2)C1CCCCC1. The third-order valence-corrected chi connectivity index (χ3v) is 9.59. The van der Waals surface area contributed by atoms with Gasteiger partial charge < -0.3 is 9.47 Å². The second-order valence-corrected chi connectivity index (χ2v) is 12.3. The number of carbonyl (C=O) groups is 2. The highest BCUT2D eigenvalue weighted by Crippen LogP contribution is 2.50. The Morgan fingerprint density at radius 3 is 1.44 bits per heavy atom. The van der Waals surface area contributed by atoms with Crippen LogP contribution in [0.3, 0.4) is 0 Å². The quantitative estimate of drug-likeness (QED) is 0.217. The van der Waals surface area contributed by atoms with Crippen molar-refractivity contribution in [1.82, 2.24) is 0 Å². The van der Waals surface area contributed by atoms with Crippen LogP contribution in [0, 0.1) is 11.8 Å². The van der Waals surface area contributed by atoms with Crippen LogP contribution >= 0.6 is 0 Å². The van der Waals surface area contributed by atoms with Crippen molar-refractivity contribution in [3.63, 3.8) is 0 Å². The molecule has 0 bridgehead atoms. The normalized spacial score (nSPS) is 17.9. The minimum absolute atomic E-state index is 0.0332. The standard InChI is InChI=1S/C39H38O4/c40-34(26-11-3-1-4-12-26)21-19-30-23-28-15-7-9-17-32(28)36-37-33-18-10-8-16-29(33)24-31(39(37)43-25-42-38(30)36)20-22-35(41)27-13-5-2-6-14-27/h7-10,15-24,26-27H,1-6,11-14,25H2/b21-19-,22-20-. The number of rotatable bonds is 6. The molecule has 0 radical (unpaired) electrons. The Balaban J connectivity index is 1.39. The van der Waals surface area contributed by atoms with E-state index in [1.807, 2.05) is 36.4 Å². The smallest absolute Gasteiger partial charge is 0.231 e. The number of benzene rings is 4. The van der Waals surface area contributed by atoms with E-state index in [0.717, 1.165) is 107 Å². The summed E-state index contributed by atoms with van der Waals surface area (Å²) in [5, 5.41) is 4.26. The molecule has 1 aliphatic heterocycles. The highest BCUT2D eigenvalue weighted by atomic mass is 16.7. The first-order valence-corrected chi connectivity index (χ1v) is 16.0. The lowest BCUT2D eigenvalue weighted by molar-refractivity contribution is -0.119. The molecule has 4 aromatic rings. The minimum Gasteiger partial charge on any atom is -0.456 e. The highest BCUT2D eigenvalue weighted by molar-refractivity contribution is 6.13. The fourth-order valence-electron chi connectivity index (χ4n) is 7.29. The molecule has 2 saturated carbocycles. The average molecular weight is 571 g/mol. The molecular formula is C39H38O4. The van der Waals surface area contributed by atoms with Gasteiger partial charge >= 0.3 is 0 Å². The molecule has 4 nitrogen and oxygen atoms in total. The predicted molar refractivity (Wildman–Crippen MR) is 174 cm³/mol. The molecule has 43 heavy (non-hydrogen) atoms. The van der Waals surface area contributed by atoms with E-state index in [4.69, 9.17) is 9.47 Å². The summed E-state index contributed by atoms with van der Waals surface area (Å²) < 4.78 is 12.8. The van der Waals surface area contributed by atoms with Gasteiger partial charge in [-0.05, 0) is 83.7 Å². The van der Waals surface area contributed by atoms with Gasteiger partial charge in [-0.3, -0.25) is 9.59 Å². The molecule has 2 aliphatic carbocycles. The first kappa shape index (κ1) is 27.6. The molecule has 0 aromatic heterocycles. The van der Waals surface area contributed by atoms with Crippen LogP contribution in [0.4, 0.5) is 0 Å². The molecular weight excluding hydrogens is 532 g/mol. The van der Waals surface area contributed by atoms with E-state index in [-0.39, 0.29) is 30.2 Å². The minimum atomic E-state index is 0.0332. The molecule has 1 heterocycles. The van der Waals surface area contributed by atoms with Crippen molar-refractivity contribution < 1.29 is 19.1 Å². The van der Waals surface area contributed by atoms with Crippen molar-refractivity contribution in [3.8, 4) is 22.6 Å². The molecule has 3 aliphatic rings. The summed E-state index contributed by atoms with van der Waals surface area (Å²) in [4.78, 5) is 26.3. The van der Waals surface area contributed by atoms with Crippen LogP contribution in [0.2, 0.25) is 0 Å². The van der Waals surface area contributed by atoms with Gasteiger partial charge in [0.2, 0.25) is 6.79 Å². The summed E-state index contributed by atoms with van der Waals surface area (Å²) in [6.45, 7) is 0.0332. The summed E-state index contributed by atoms with van der Waals surface area (Å²) in [6.07, 6.45) is 18.2. The van der Waals surface area contributed by atoms with Gasteiger partial charge in [-0.15, -0.1) is 0 Å². The first-order chi connectivity index (χ1) is 21.2. The Labute approximate surface area is 253 Å². The first-order valence-electron chi connectivity index (χ1n) is 16.0. The van der Waals surface area contributed by atoms with Crippen LogP contribution in [-0.4, -0.2) is 18.4 Å². The van der Waals surface area contributed by atoms with Crippen molar-refractivity contribution in [2.75, 3.05) is 6.79 Å². The number of carbonyl (C=O) groups excluding carboxylic acids is 2. The Kier molecular flexibility index (Phi) is 7.84. The molecule has 0 N–H and O–H groups in total. The molecule has 4 heteroatoms. The van der Waals surface area contributed by atoms with E-state index in [0.29, 0.717) is 0 Å². The van der Waals surface area contributed by atoms with Crippen LogP contribution in [0.15, 0.2) is 72.8 Å². The summed E-state index contributed by atoms with van der Waals surface area (Å²) in [5.41, 5.74) is 3.65. The van der Waals surface area contributed by atoms with E-state index >= 15 is 0 Å². The Morgan fingerprint density at radius 2 is 1.00 bits per heavy atom. The largest absolute Gasteiger partial charge is 0.456 e. The van der Waals surface area contributed by atoms with E-state index in [1.54, 1.807) is 12.2 Å². The van der Waals surface area contributed by atoms with Crippen molar-refractivity contribution in [3.05, 3.63) is 83.9 Å². The molecule has 4 aromatic carbocycles. The fraction of sp³-hybridized carbons (Fsp3) is 0.333. The second-order valence-electron chi connectivity index (χ2n) is 12.3. The van der Waals surface area contributed by atoms with Gasteiger partial charge in [-0.25, -0.2) is 0 Å². The number of allylic oxidation sites excluding steroid dienone is 2. The van der Waals surface area contributed by atoms with Gasteiger partial charge in [-0.2, -0.15) is 0 Å². The summed E-state index contributed by atoms with van der Waals surface area (Å²) in [7, 11) is 0. The lowest BCUT2D eigenvalue weighted by atomic mass is 9.85. The van der Waals surface area contributed by atoms with Gasteiger partial charge in [0, 0.05) is 34.1 Å². The molecule has 218 valence electrons. The maximum Gasteiger partial charge on any atom is 0.231 e. The van der Waals surface area contributed by atoms with Crippen molar-refractivity contribution in [1.29, 1.82) is 0 Å². The van der Waals surface area contributed by atoms with E-state index < -0.39 is 0 Å². The second kappa shape index (κ2) is 12.2. The zero-order valence-electron chi connectivity index (χ0n) is 24.6. The van der Waals surface area contributed by atoms with Gasteiger partial charge in [0.15, 0.2) is 11.6 Å². The number of fused-ring (bicyclic) bond motifs is 7. The van der Waals surface area contributed by atoms with Gasteiger partial charge in [0.1, 0.15) is 11.5 Å². The number of hydrogen-bond donors (Lipinski definition) is 0. The van der Waals surface area contributed by atoms with Gasteiger partial charge in [0.25, 0.3) is 0 Å². The average Bonchev–Trinajstić information content (AvgIpc) is 3.28. The van der Waals surface area contributed by atoms with E-state index in [2.05, 4.69) is 36.4 Å². The Morgan fingerprint density at radius 1 is 0.581 bits per heavy atom. The fourth-order valence-corrected chi connectivity index (χ4v) is 7.29. The highest BCUT2D eigenvalue weighted by Gasteiger charge is 2.27. The zero-order valence-corrected chi connectivity index (χ0v) is 24.6. The number of hydrogen-bond acceptors (Lipinski definition) is 4. The summed E-state index contributed by atoms with van der Waals surface area (Å²) >= 11 is 0. The Bertz CT molecular complexity index is 1620. The molecule has 2 fully saturated rings. The van der Waals surface area contributed by atoms with Crippen LogP contribution in [0.5, 0.6) is 11.5 Å². The molecule has 0 unspecified atom stereocenters. The van der Waals surface area contributed by atoms with Crippen LogP contribution in [0.25, 0.3) is 44.8 Å². The maximum absolute atomic E-state index is 13.1. The van der Waals surface area contributed by atoms with Gasteiger partial charge in [0.05, 0.1) is 0 Å². The third kappa shape index (κ3) is 5.51. The maximum atomic E-state index is 13.1. The van der Waals surface area contributed by atoms with E-state index in [1.165, 1.54) is 12.8 Å². The molecule has 0 amide bonds. The Hall–Kier alpha value is -4.18. The van der Waals surface area contributed by atoms with Crippen LogP contribution < -0.4 is 9.47 Å². The zero-order chi connectivity index (χ0) is 29.2. The van der Waals surface area contributed by atoms with Crippen LogP contribution in [-0.2, 0) is 9.59 Å². The molecule has 0 atom stereocenters. The molecule has 0 saturated heterocycles. The van der Waals surface area contributed by atoms with Gasteiger partial charge in [-0.1, -0.05) is 87.1 Å². The predicted octanol–water partition coefficient (Wildman–Crippen LogP) is 9.71. The van der Waals surface area contributed by atoms with E-state index in [9.17, 15) is 9.59 Å². The number of ether oxygens (including phenoxy) is 2. The van der Waals surface area contributed by atoms with Crippen molar-refractivity contribution >= 4 is 45.3 Å². The monoisotopic (exact) mass is 570 g/mol. The van der Waals surface area contributed by atoms with Crippen LogP contribution in [0.1, 0.15) is 75.3 Å². The molecule has 0 spiro atoms. The third-order valence-electron chi connectivity index (χ3n) is 9.59. The van der Waals surface area contributed by atoms with Crippen molar-refractivity contribution in [2.24, 2.45) is 11.8 Å². The lowest BCUT2D eigenvalue weighted by Crippen LogP contribution is -2.15. The molecule has 7 rings (SSSR count). The van der Waals surface area contributed by atoms with Crippen molar-refractivity contribution in [2.45, 2.75) is 64.2 Å². The summed E-state index contributed by atoms with van der Waals surface area (Å²) in [6, 6.07) is 20.9.